The van der Waals surface area contributed by atoms with E-state index in [9.17, 15) is 0 Å². The lowest BCUT2D eigenvalue weighted by atomic mass is 9.98. The van der Waals surface area contributed by atoms with Gasteiger partial charge in [0, 0.05) is 0 Å². The molecule has 1 aromatic rings. The van der Waals surface area contributed by atoms with Crippen LogP contribution in [0.25, 0.3) is 0 Å². The molecule has 0 atom stereocenters. The molecule has 1 heteroatoms. The van der Waals surface area contributed by atoms with E-state index in [4.69, 9.17) is 4.74 Å². The molecule has 0 bridgehead atoms. The number of ether oxygens (including phenoxy) is 1. The minimum Gasteiger partial charge on any atom is -0.494 e. The van der Waals surface area contributed by atoms with Gasteiger partial charge in [-0.25, -0.2) is 0 Å². The van der Waals surface area contributed by atoms with E-state index < -0.39 is 0 Å². The first-order chi connectivity index (χ1) is 6.65. The largest absolute Gasteiger partial charge is 0.494 e. The van der Waals surface area contributed by atoms with Gasteiger partial charge >= 0.3 is 0 Å². The molecule has 0 saturated heterocycles. The predicted molar refractivity (Wildman–Crippen MR) is 61.1 cm³/mol. The maximum absolute atomic E-state index is 5.60. The van der Waals surface area contributed by atoms with Crippen LogP contribution in [-0.4, -0.2) is 6.61 Å². The summed E-state index contributed by atoms with van der Waals surface area (Å²) in [5.74, 6) is 1.57. The van der Waals surface area contributed by atoms with Crippen molar-refractivity contribution in [2.45, 2.75) is 40.0 Å². The molecule has 0 fully saturated rings. The van der Waals surface area contributed by atoms with Gasteiger partial charge in [0.25, 0.3) is 0 Å². The monoisotopic (exact) mass is 192 g/mol. The Morgan fingerprint density at radius 3 is 2.57 bits per heavy atom. The zero-order chi connectivity index (χ0) is 10.6. The van der Waals surface area contributed by atoms with Crippen molar-refractivity contribution < 1.29 is 4.74 Å². The summed E-state index contributed by atoms with van der Waals surface area (Å²) < 4.78 is 5.60. The van der Waals surface area contributed by atoms with E-state index in [-0.39, 0.29) is 0 Å². The quantitative estimate of drug-likeness (QED) is 0.703. The van der Waals surface area contributed by atoms with Gasteiger partial charge in [0.05, 0.1) is 6.61 Å². The van der Waals surface area contributed by atoms with E-state index in [0.29, 0.717) is 5.92 Å². The standard InChI is InChI=1S/C13H20O/c1-5-8-14-12-7-6-11(4)13(9-12)10(2)3/h6-7,9-10H,5,8H2,1-4H3. The second kappa shape index (κ2) is 5.04. The fraction of sp³-hybridized carbons (Fsp3) is 0.538. The average molecular weight is 192 g/mol. The molecular weight excluding hydrogens is 172 g/mol. The van der Waals surface area contributed by atoms with E-state index in [1.54, 1.807) is 0 Å². The van der Waals surface area contributed by atoms with Crippen LogP contribution in [0.3, 0.4) is 0 Å². The van der Waals surface area contributed by atoms with Crippen LogP contribution >= 0.6 is 0 Å². The van der Waals surface area contributed by atoms with Crippen molar-refractivity contribution in [1.82, 2.24) is 0 Å². The van der Waals surface area contributed by atoms with Gasteiger partial charge in [-0.3, -0.25) is 0 Å². The lowest BCUT2D eigenvalue weighted by molar-refractivity contribution is 0.317. The Balaban J connectivity index is 2.83. The first-order valence-electron chi connectivity index (χ1n) is 5.38. The summed E-state index contributed by atoms with van der Waals surface area (Å²) in [6.45, 7) is 9.51. The van der Waals surface area contributed by atoms with Gasteiger partial charge in [-0.1, -0.05) is 26.8 Å². The Morgan fingerprint density at radius 1 is 1.29 bits per heavy atom. The van der Waals surface area contributed by atoms with E-state index in [1.807, 2.05) is 0 Å². The molecular formula is C13H20O. The zero-order valence-corrected chi connectivity index (χ0v) is 9.63. The summed E-state index contributed by atoms with van der Waals surface area (Å²) in [6, 6.07) is 6.35. The topological polar surface area (TPSA) is 9.23 Å². The highest BCUT2D eigenvalue weighted by molar-refractivity contribution is 5.36. The Bertz CT molecular complexity index is 289. The zero-order valence-electron chi connectivity index (χ0n) is 9.63. The second-order valence-electron chi connectivity index (χ2n) is 4.02. The smallest absolute Gasteiger partial charge is 0.119 e. The van der Waals surface area contributed by atoms with Crippen LogP contribution < -0.4 is 4.74 Å². The number of rotatable bonds is 4. The van der Waals surface area contributed by atoms with Gasteiger partial charge in [-0.15, -0.1) is 0 Å². The fourth-order valence-electron chi connectivity index (χ4n) is 1.55. The molecule has 0 amide bonds. The molecule has 0 heterocycles. The first-order valence-corrected chi connectivity index (χ1v) is 5.38. The summed E-state index contributed by atoms with van der Waals surface area (Å²) in [6.07, 6.45) is 1.06. The number of hydrogen-bond donors (Lipinski definition) is 0. The molecule has 1 nitrogen and oxygen atoms in total. The Hall–Kier alpha value is -0.980. The third kappa shape index (κ3) is 2.76. The SMILES string of the molecule is CCCOc1ccc(C)c(C(C)C)c1. The van der Waals surface area contributed by atoms with Gasteiger partial charge < -0.3 is 4.74 Å². The second-order valence-corrected chi connectivity index (χ2v) is 4.02. The minimum absolute atomic E-state index is 0.570. The molecule has 0 aliphatic carbocycles. The molecule has 0 aromatic heterocycles. The normalized spacial score (nSPS) is 10.6. The number of hydrogen-bond acceptors (Lipinski definition) is 1. The maximum Gasteiger partial charge on any atom is 0.119 e. The van der Waals surface area contributed by atoms with Gasteiger partial charge in [-0.2, -0.15) is 0 Å². The summed E-state index contributed by atoms with van der Waals surface area (Å²) in [4.78, 5) is 0. The summed E-state index contributed by atoms with van der Waals surface area (Å²) in [5.41, 5.74) is 2.74. The van der Waals surface area contributed by atoms with E-state index >= 15 is 0 Å². The van der Waals surface area contributed by atoms with E-state index in [2.05, 4.69) is 45.9 Å². The van der Waals surface area contributed by atoms with E-state index in [0.717, 1.165) is 18.8 Å². The van der Waals surface area contributed by atoms with Crippen LogP contribution in [-0.2, 0) is 0 Å². The third-order valence-corrected chi connectivity index (χ3v) is 2.35. The molecule has 1 aromatic carbocycles. The van der Waals surface area contributed by atoms with Crippen LogP contribution in [0.4, 0.5) is 0 Å². The molecule has 78 valence electrons. The molecule has 0 N–H and O–H groups in total. The molecule has 0 unspecified atom stereocenters. The molecule has 0 saturated carbocycles. The highest BCUT2D eigenvalue weighted by Crippen LogP contribution is 2.24. The first kappa shape index (κ1) is 11.1. The van der Waals surface area contributed by atoms with Crippen molar-refractivity contribution in [1.29, 1.82) is 0 Å². The molecule has 0 radical (unpaired) electrons. The van der Waals surface area contributed by atoms with Crippen LogP contribution in [0.5, 0.6) is 5.75 Å². The van der Waals surface area contributed by atoms with Crippen molar-refractivity contribution in [3.8, 4) is 5.75 Å². The molecule has 14 heavy (non-hydrogen) atoms. The number of benzene rings is 1. The van der Waals surface area contributed by atoms with Crippen molar-refractivity contribution in [2.75, 3.05) is 6.61 Å². The van der Waals surface area contributed by atoms with Crippen molar-refractivity contribution >= 4 is 0 Å². The van der Waals surface area contributed by atoms with Crippen molar-refractivity contribution in [3.05, 3.63) is 29.3 Å². The molecule has 0 spiro atoms. The van der Waals surface area contributed by atoms with Crippen LogP contribution in [0.2, 0.25) is 0 Å². The molecule has 0 aliphatic rings. The summed E-state index contributed by atoms with van der Waals surface area (Å²) >= 11 is 0. The van der Waals surface area contributed by atoms with Gasteiger partial charge in [0.15, 0.2) is 0 Å². The molecule has 0 aliphatic heterocycles. The van der Waals surface area contributed by atoms with Crippen molar-refractivity contribution in [3.63, 3.8) is 0 Å². The minimum atomic E-state index is 0.570. The molecule has 1 rings (SSSR count). The predicted octanol–water partition coefficient (Wildman–Crippen LogP) is 3.91. The summed E-state index contributed by atoms with van der Waals surface area (Å²) in [7, 11) is 0. The third-order valence-electron chi connectivity index (χ3n) is 2.35. The van der Waals surface area contributed by atoms with Crippen molar-refractivity contribution in [2.24, 2.45) is 0 Å². The van der Waals surface area contributed by atoms with Gasteiger partial charge in [-0.05, 0) is 42.5 Å². The summed E-state index contributed by atoms with van der Waals surface area (Å²) in [5, 5.41) is 0. The number of aryl methyl sites for hydroxylation is 1. The highest BCUT2D eigenvalue weighted by atomic mass is 16.5. The van der Waals surface area contributed by atoms with Gasteiger partial charge in [0.2, 0.25) is 0 Å². The maximum atomic E-state index is 5.60. The van der Waals surface area contributed by atoms with Gasteiger partial charge in [0.1, 0.15) is 5.75 Å². The Kier molecular flexibility index (Phi) is 3.99. The Morgan fingerprint density at radius 2 is 2.00 bits per heavy atom. The van der Waals surface area contributed by atoms with E-state index in [1.165, 1.54) is 11.1 Å². The van der Waals surface area contributed by atoms with Crippen LogP contribution in [0, 0.1) is 6.92 Å². The average Bonchev–Trinajstić information content (AvgIpc) is 2.16. The Labute approximate surface area is 87.1 Å². The highest BCUT2D eigenvalue weighted by Gasteiger charge is 2.04. The lowest BCUT2D eigenvalue weighted by Gasteiger charge is -2.12. The van der Waals surface area contributed by atoms with Crippen LogP contribution in [0.15, 0.2) is 18.2 Å². The van der Waals surface area contributed by atoms with Crippen LogP contribution in [0.1, 0.15) is 44.2 Å². The fourth-order valence-corrected chi connectivity index (χ4v) is 1.55. The lowest BCUT2D eigenvalue weighted by Crippen LogP contribution is -1.98.